The highest BCUT2D eigenvalue weighted by molar-refractivity contribution is 4.49. The summed E-state index contributed by atoms with van der Waals surface area (Å²) in [4.78, 5) is 0. The van der Waals surface area contributed by atoms with Gasteiger partial charge in [0.25, 0.3) is 0 Å². The molecule has 0 atom stereocenters. The Bertz CT molecular complexity index is 78.9. The largest absolute Gasteiger partial charge is 0.464 e. The first-order valence-corrected chi connectivity index (χ1v) is 1.63. The maximum absolute atomic E-state index is 10.7. The standard InChI is InChI=1S/C2HF6N.H3N/c3-1(4,5)9-2(6,7)8;/h9H;1H3. The van der Waals surface area contributed by atoms with Crippen molar-refractivity contribution in [3.63, 3.8) is 0 Å². The highest BCUT2D eigenvalue weighted by Gasteiger charge is 2.42. The monoisotopic (exact) mass is 170 g/mol. The molecule has 4 N–H and O–H groups in total. The average molecular weight is 170 g/mol. The van der Waals surface area contributed by atoms with E-state index < -0.39 is 17.9 Å². The molecule has 0 saturated carbocycles. The Morgan fingerprint density at radius 1 is 0.700 bits per heavy atom. The lowest BCUT2D eigenvalue weighted by Gasteiger charge is -2.10. The molecular weight excluding hydrogens is 166 g/mol. The number of alkyl halides is 6. The molecule has 0 aliphatic heterocycles. The predicted molar refractivity (Wildman–Crippen MR) is 20.3 cm³/mol. The fraction of sp³-hybridized carbons (Fsp3) is 1.00. The van der Waals surface area contributed by atoms with Crippen molar-refractivity contribution in [3.05, 3.63) is 0 Å². The Balaban J connectivity index is 0. The Kier molecular flexibility index (Phi) is 3.73. The number of nitrogens with one attached hydrogen (secondary N) is 1. The van der Waals surface area contributed by atoms with Gasteiger partial charge >= 0.3 is 12.6 Å². The maximum Gasteiger partial charge on any atom is 0.464 e. The van der Waals surface area contributed by atoms with E-state index in [0.717, 1.165) is 0 Å². The van der Waals surface area contributed by atoms with Crippen LogP contribution in [0.2, 0.25) is 0 Å². The van der Waals surface area contributed by atoms with Crippen LogP contribution in [0, 0.1) is 0 Å². The van der Waals surface area contributed by atoms with Crippen LogP contribution in [0.4, 0.5) is 26.3 Å². The summed E-state index contributed by atoms with van der Waals surface area (Å²) in [5.74, 6) is 0. The van der Waals surface area contributed by atoms with Gasteiger partial charge in [-0.05, 0) is 0 Å². The lowest BCUT2D eigenvalue weighted by atomic mass is 11.0. The predicted octanol–water partition coefficient (Wildman–Crippen LogP) is 1.78. The van der Waals surface area contributed by atoms with E-state index in [2.05, 4.69) is 0 Å². The van der Waals surface area contributed by atoms with Crippen LogP contribution >= 0.6 is 0 Å². The Hall–Kier alpha value is -0.500. The molecule has 0 heterocycles. The summed E-state index contributed by atoms with van der Waals surface area (Å²) in [6.07, 6.45) is -10.8. The lowest BCUT2D eigenvalue weighted by molar-refractivity contribution is -0.265. The Labute approximate surface area is 51.8 Å². The number of hydrogen-bond donors (Lipinski definition) is 2. The summed E-state index contributed by atoms with van der Waals surface area (Å²) in [5.41, 5.74) is 0. The molecule has 0 rings (SSSR count). The summed E-state index contributed by atoms with van der Waals surface area (Å²) < 4.78 is 64.3. The van der Waals surface area contributed by atoms with E-state index in [1.54, 1.807) is 0 Å². The van der Waals surface area contributed by atoms with Crippen LogP contribution in [-0.2, 0) is 0 Å². The first kappa shape index (κ1) is 12.2. The lowest BCUT2D eigenvalue weighted by Crippen LogP contribution is -2.42. The SMILES string of the molecule is FC(F)(F)NC(F)(F)F.N. The summed E-state index contributed by atoms with van der Waals surface area (Å²) in [7, 11) is 0. The first-order valence-electron chi connectivity index (χ1n) is 1.63. The van der Waals surface area contributed by atoms with Crippen LogP contribution in [0.15, 0.2) is 0 Å². The molecule has 10 heavy (non-hydrogen) atoms. The van der Waals surface area contributed by atoms with Crippen LogP contribution in [-0.4, -0.2) is 12.6 Å². The summed E-state index contributed by atoms with van der Waals surface area (Å²) in [6, 6.07) is 0. The highest BCUT2D eigenvalue weighted by atomic mass is 19.4. The van der Waals surface area contributed by atoms with E-state index in [-0.39, 0.29) is 6.15 Å². The molecule has 0 amide bonds. The zero-order chi connectivity index (χ0) is 7.71. The van der Waals surface area contributed by atoms with E-state index in [4.69, 9.17) is 0 Å². The van der Waals surface area contributed by atoms with E-state index in [9.17, 15) is 26.3 Å². The molecule has 0 aliphatic carbocycles. The van der Waals surface area contributed by atoms with Crippen molar-refractivity contribution < 1.29 is 26.3 Å². The molecule has 0 unspecified atom stereocenters. The van der Waals surface area contributed by atoms with Crippen molar-refractivity contribution in [1.29, 1.82) is 0 Å². The van der Waals surface area contributed by atoms with E-state index >= 15 is 0 Å². The molecule has 0 fully saturated rings. The quantitative estimate of drug-likeness (QED) is 0.430. The normalized spacial score (nSPS) is 12.6. The van der Waals surface area contributed by atoms with Gasteiger partial charge in [0.2, 0.25) is 0 Å². The minimum atomic E-state index is -5.39. The maximum atomic E-state index is 10.7. The third-order valence-electron chi connectivity index (χ3n) is 0.283. The fourth-order valence-electron chi connectivity index (χ4n) is 0.161. The molecule has 0 radical (unpaired) electrons. The molecule has 0 aliphatic rings. The second-order valence-corrected chi connectivity index (χ2v) is 1.12. The summed E-state index contributed by atoms with van der Waals surface area (Å²) in [5, 5.41) is -0.542. The van der Waals surface area contributed by atoms with E-state index in [0.29, 0.717) is 0 Å². The van der Waals surface area contributed by atoms with Gasteiger partial charge in [-0.3, -0.25) is 0 Å². The van der Waals surface area contributed by atoms with Gasteiger partial charge < -0.3 is 6.15 Å². The third-order valence-corrected chi connectivity index (χ3v) is 0.283. The van der Waals surface area contributed by atoms with Crippen LogP contribution in [0.25, 0.3) is 0 Å². The van der Waals surface area contributed by atoms with Crippen LogP contribution in [0.5, 0.6) is 0 Å². The van der Waals surface area contributed by atoms with E-state index in [1.165, 1.54) is 0 Å². The van der Waals surface area contributed by atoms with Crippen molar-refractivity contribution in [2.24, 2.45) is 0 Å². The third kappa shape index (κ3) is 10.5. The van der Waals surface area contributed by atoms with Crippen molar-refractivity contribution in [2.75, 3.05) is 0 Å². The smallest absolute Gasteiger partial charge is 0.344 e. The van der Waals surface area contributed by atoms with Gasteiger partial charge in [0, 0.05) is 0 Å². The minimum absolute atomic E-state index is 0. The van der Waals surface area contributed by atoms with Gasteiger partial charge in [0.05, 0.1) is 0 Å². The minimum Gasteiger partial charge on any atom is -0.344 e. The molecule has 0 aromatic rings. The van der Waals surface area contributed by atoms with Gasteiger partial charge in [0.15, 0.2) is 0 Å². The van der Waals surface area contributed by atoms with Crippen molar-refractivity contribution in [3.8, 4) is 0 Å². The second-order valence-electron chi connectivity index (χ2n) is 1.12. The molecule has 8 heteroatoms. The Morgan fingerprint density at radius 3 is 0.900 bits per heavy atom. The molecule has 0 spiro atoms. The molecule has 0 aromatic heterocycles. The van der Waals surface area contributed by atoms with E-state index in [1.807, 2.05) is 0 Å². The van der Waals surface area contributed by atoms with Gasteiger partial charge in [-0.2, -0.15) is 26.3 Å². The van der Waals surface area contributed by atoms with Gasteiger partial charge in [-0.15, -0.1) is 5.32 Å². The summed E-state index contributed by atoms with van der Waals surface area (Å²) in [6.45, 7) is 0. The van der Waals surface area contributed by atoms with Crippen LogP contribution < -0.4 is 11.5 Å². The van der Waals surface area contributed by atoms with Crippen LogP contribution in [0.1, 0.15) is 0 Å². The summed E-state index contributed by atoms with van der Waals surface area (Å²) >= 11 is 0. The highest BCUT2D eigenvalue weighted by Crippen LogP contribution is 2.19. The molecule has 64 valence electrons. The second kappa shape index (κ2) is 3.06. The number of rotatable bonds is 0. The average Bonchev–Trinajstić information content (AvgIpc) is 1.14. The van der Waals surface area contributed by atoms with Gasteiger partial charge in [-0.1, -0.05) is 0 Å². The molecular formula is C2H4F6N2. The topological polar surface area (TPSA) is 47.0 Å². The zero-order valence-electron chi connectivity index (χ0n) is 4.47. The molecule has 0 saturated heterocycles. The zero-order valence-corrected chi connectivity index (χ0v) is 4.47. The molecule has 2 nitrogen and oxygen atoms in total. The van der Waals surface area contributed by atoms with Crippen LogP contribution in [0.3, 0.4) is 0 Å². The number of hydrogen-bond acceptors (Lipinski definition) is 2. The van der Waals surface area contributed by atoms with Gasteiger partial charge in [-0.25, -0.2) is 0 Å². The van der Waals surface area contributed by atoms with Crippen molar-refractivity contribution in [2.45, 2.75) is 12.6 Å². The van der Waals surface area contributed by atoms with Gasteiger partial charge in [0.1, 0.15) is 0 Å². The first-order chi connectivity index (χ1) is 3.71. The number of halogens is 6. The fourth-order valence-corrected chi connectivity index (χ4v) is 0.161. The van der Waals surface area contributed by atoms with Crippen molar-refractivity contribution >= 4 is 0 Å². The van der Waals surface area contributed by atoms with Crippen molar-refractivity contribution in [1.82, 2.24) is 11.5 Å². The molecule has 0 bridgehead atoms. The Morgan fingerprint density at radius 2 is 0.900 bits per heavy atom. The molecule has 0 aromatic carbocycles.